The van der Waals surface area contributed by atoms with Gasteiger partial charge in [0.05, 0.1) is 18.9 Å². The van der Waals surface area contributed by atoms with Gasteiger partial charge in [-0.05, 0) is 27.7 Å². The van der Waals surface area contributed by atoms with E-state index in [0.29, 0.717) is 0 Å². The molecule has 0 spiro atoms. The summed E-state index contributed by atoms with van der Waals surface area (Å²) in [6.07, 6.45) is 0. The fourth-order valence-electron chi connectivity index (χ4n) is 2.06. The molecule has 0 atom stereocenters. The van der Waals surface area contributed by atoms with Crippen LogP contribution in [0.1, 0.15) is 53.1 Å². The third kappa shape index (κ3) is 4.41. The molecule has 26 heavy (non-hydrogen) atoms. The van der Waals surface area contributed by atoms with Crippen LogP contribution in [0.25, 0.3) is 0 Å². The molecule has 0 radical (unpaired) electrons. The van der Waals surface area contributed by atoms with E-state index in [2.05, 4.69) is 9.97 Å². The number of hydrogen-bond donors (Lipinski definition) is 3. The second-order valence-electron chi connectivity index (χ2n) is 5.00. The molecular formula is C16H20N4O6. The minimum atomic E-state index is -1.03. The number of carbonyl (C=O) groups is 3. The normalized spacial score (nSPS) is 11.4. The van der Waals surface area contributed by atoms with E-state index in [4.69, 9.17) is 20.6 Å². The number of aliphatic hydroxyl groups excluding tert-OH is 1. The maximum atomic E-state index is 12.0. The largest absolute Gasteiger partial charge is 0.512 e. The number of esters is 2. The van der Waals surface area contributed by atoms with Gasteiger partial charge in [-0.1, -0.05) is 0 Å². The molecule has 0 fully saturated rings. The van der Waals surface area contributed by atoms with Gasteiger partial charge >= 0.3 is 11.9 Å². The first-order chi connectivity index (χ1) is 12.1. The highest BCUT2D eigenvalue weighted by molar-refractivity contribution is 6.24. The third-order valence-electron chi connectivity index (χ3n) is 3.12. The summed E-state index contributed by atoms with van der Waals surface area (Å²) in [6.45, 7) is 5.82. The van der Waals surface area contributed by atoms with E-state index >= 15 is 0 Å². The molecule has 1 amide bonds. The molecule has 0 aromatic carbocycles. The van der Waals surface area contributed by atoms with Crippen molar-refractivity contribution in [3.63, 3.8) is 0 Å². The van der Waals surface area contributed by atoms with Crippen LogP contribution >= 0.6 is 0 Å². The first-order valence-corrected chi connectivity index (χ1v) is 7.67. The zero-order valence-corrected chi connectivity index (χ0v) is 14.9. The molecule has 0 saturated carbocycles. The molecule has 0 saturated heterocycles. The van der Waals surface area contributed by atoms with Crippen LogP contribution in [0.2, 0.25) is 0 Å². The lowest BCUT2D eigenvalue weighted by atomic mass is 10.1. The van der Waals surface area contributed by atoms with E-state index in [1.54, 1.807) is 13.8 Å². The number of aromatic nitrogens is 2. The van der Waals surface area contributed by atoms with Crippen molar-refractivity contribution in [3.05, 3.63) is 34.1 Å². The number of aliphatic hydroxyl groups is 1. The first kappa shape index (κ1) is 20.7. The molecular weight excluding hydrogens is 344 g/mol. The van der Waals surface area contributed by atoms with Crippen molar-refractivity contribution in [2.24, 2.45) is 5.73 Å². The molecule has 4 N–H and O–H groups in total. The van der Waals surface area contributed by atoms with E-state index in [1.165, 1.54) is 13.8 Å². The van der Waals surface area contributed by atoms with Gasteiger partial charge in [0.1, 0.15) is 28.3 Å². The van der Waals surface area contributed by atoms with Gasteiger partial charge in [0.15, 0.2) is 5.82 Å². The van der Waals surface area contributed by atoms with Crippen molar-refractivity contribution in [1.82, 2.24) is 9.97 Å². The number of rotatable bonds is 7. The molecule has 0 bridgehead atoms. The minimum absolute atomic E-state index is 0.0249. The number of carbonyl (C=O) groups excluding carboxylic acids is 3. The molecule has 10 nitrogen and oxygen atoms in total. The van der Waals surface area contributed by atoms with Crippen molar-refractivity contribution >= 4 is 23.6 Å². The smallest absolute Gasteiger partial charge is 0.343 e. The van der Waals surface area contributed by atoms with Gasteiger partial charge in [-0.15, -0.1) is 0 Å². The number of ether oxygens (including phenoxy) is 2. The van der Waals surface area contributed by atoms with Crippen LogP contribution in [0.5, 0.6) is 0 Å². The van der Waals surface area contributed by atoms with E-state index in [-0.39, 0.29) is 30.3 Å². The van der Waals surface area contributed by atoms with Crippen molar-refractivity contribution in [1.29, 1.82) is 5.41 Å². The number of nitrogens with zero attached hydrogens (tertiary/aromatic N) is 2. The van der Waals surface area contributed by atoms with E-state index in [1.807, 2.05) is 0 Å². The number of primary amides is 1. The van der Waals surface area contributed by atoms with Gasteiger partial charge in [0, 0.05) is 0 Å². The Bertz CT molecular complexity index is 796. The van der Waals surface area contributed by atoms with E-state index < -0.39 is 40.6 Å². The lowest BCUT2D eigenvalue weighted by Gasteiger charge is -2.13. The molecule has 0 aliphatic rings. The Kier molecular flexibility index (Phi) is 6.94. The number of aryl methyl sites for hydroxylation is 1. The molecule has 1 aromatic heterocycles. The van der Waals surface area contributed by atoms with Gasteiger partial charge in [-0.2, -0.15) is 0 Å². The lowest BCUT2D eigenvalue weighted by molar-refractivity contribution is -0.138. The van der Waals surface area contributed by atoms with Crippen LogP contribution < -0.4 is 5.73 Å². The first-order valence-electron chi connectivity index (χ1n) is 7.67. The zero-order valence-electron chi connectivity index (χ0n) is 14.9. The third-order valence-corrected chi connectivity index (χ3v) is 3.12. The number of nitrogens with one attached hydrogen (secondary N) is 1. The molecule has 140 valence electrons. The van der Waals surface area contributed by atoms with Crippen molar-refractivity contribution in [2.75, 3.05) is 13.2 Å². The highest BCUT2D eigenvalue weighted by atomic mass is 16.5. The highest BCUT2D eigenvalue weighted by Crippen LogP contribution is 2.16. The van der Waals surface area contributed by atoms with Gasteiger partial charge in [-0.25, -0.2) is 19.6 Å². The monoisotopic (exact) mass is 364 g/mol. The summed E-state index contributed by atoms with van der Waals surface area (Å²) >= 11 is 0. The Morgan fingerprint density at radius 2 is 1.73 bits per heavy atom. The van der Waals surface area contributed by atoms with Crippen LogP contribution in [0.4, 0.5) is 0 Å². The van der Waals surface area contributed by atoms with E-state index in [9.17, 15) is 19.5 Å². The molecule has 1 heterocycles. The second-order valence-corrected chi connectivity index (χ2v) is 5.00. The summed E-state index contributed by atoms with van der Waals surface area (Å²) in [4.78, 5) is 43.5. The van der Waals surface area contributed by atoms with Gasteiger partial charge in [0.25, 0.3) is 5.91 Å². The Hall–Kier alpha value is -3.30. The Morgan fingerprint density at radius 1 is 1.15 bits per heavy atom. The number of allylic oxidation sites excluding steroid dienone is 1. The molecule has 10 heteroatoms. The Morgan fingerprint density at radius 3 is 2.19 bits per heavy atom. The van der Waals surface area contributed by atoms with Crippen LogP contribution in [0.3, 0.4) is 0 Å². The SMILES string of the molecule is CCOC(=O)/C(C(=N)c1nc(C)c(C(=O)OCC)c(C(N)=O)n1)=C(\C)O. The molecule has 1 rings (SSSR count). The number of hydrogen-bond acceptors (Lipinski definition) is 9. The fraction of sp³-hybridized carbons (Fsp3) is 0.375. The molecule has 0 aliphatic carbocycles. The summed E-state index contributed by atoms with van der Waals surface area (Å²) in [6, 6.07) is 0. The topological polar surface area (TPSA) is 166 Å². The number of nitrogens with two attached hydrogens (primary N) is 1. The van der Waals surface area contributed by atoms with Crippen LogP contribution in [-0.2, 0) is 14.3 Å². The highest BCUT2D eigenvalue weighted by Gasteiger charge is 2.28. The predicted octanol–water partition coefficient (Wildman–Crippen LogP) is 0.824. The van der Waals surface area contributed by atoms with Crippen LogP contribution in [-0.4, -0.2) is 51.8 Å². The summed E-state index contributed by atoms with van der Waals surface area (Å²) in [7, 11) is 0. The molecule has 1 aromatic rings. The maximum absolute atomic E-state index is 12.0. The van der Waals surface area contributed by atoms with Crippen molar-refractivity contribution in [3.8, 4) is 0 Å². The standard InChI is InChI=1S/C16H20N4O6/c1-5-25-15(23)9-7(3)19-14(20-12(9)13(18)22)11(17)10(8(4)21)16(24)26-6-2/h17,21H,5-6H2,1-4H3,(H2,18,22)/b10-8+,17-11?. The van der Waals surface area contributed by atoms with Gasteiger partial charge in [-0.3, -0.25) is 10.2 Å². The summed E-state index contributed by atoms with van der Waals surface area (Å²) in [5, 5.41) is 17.8. The molecule has 0 aliphatic heterocycles. The average molecular weight is 364 g/mol. The van der Waals surface area contributed by atoms with Gasteiger partial charge < -0.3 is 20.3 Å². The number of amides is 1. The van der Waals surface area contributed by atoms with E-state index in [0.717, 1.165) is 0 Å². The average Bonchev–Trinajstić information content (AvgIpc) is 2.53. The van der Waals surface area contributed by atoms with Gasteiger partial charge in [0.2, 0.25) is 0 Å². The zero-order chi connectivity index (χ0) is 20.0. The van der Waals surface area contributed by atoms with Crippen molar-refractivity contribution in [2.45, 2.75) is 27.7 Å². The fourth-order valence-corrected chi connectivity index (χ4v) is 2.06. The summed E-state index contributed by atoms with van der Waals surface area (Å²) < 4.78 is 9.64. The quantitative estimate of drug-likeness (QED) is 0.277. The lowest BCUT2D eigenvalue weighted by Crippen LogP contribution is -2.26. The van der Waals surface area contributed by atoms with Crippen LogP contribution in [0, 0.1) is 12.3 Å². The van der Waals surface area contributed by atoms with Crippen molar-refractivity contribution < 1.29 is 29.0 Å². The Balaban J connectivity index is 3.53. The Labute approximate surface area is 149 Å². The molecule has 0 unspecified atom stereocenters. The summed E-state index contributed by atoms with van der Waals surface area (Å²) in [5.41, 5.74) is 3.58. The van der Waals surface area contributed by atoms with Crippen LogP contribution in [0.15, 0.2) is 11.3 Å². The maximum Gasteiger partial charge on any atom is 0.343 e. The minimum Gasteiger partial charge on any atom is -0.512 e. The predicted molar refractivity (Wildman–Crippen MR) is 90.0 cm³/mol. The summed E-state index contributed by atoms with van der Waals surface area (Å²) in [5.74, 6) is -3.68. The second kappa shape index (κ2) is 8.70.